The summed E-state index contributed by atoms with van der Waals surface area (Å²) in [6.45, 7) is 0.455. The first-order valence-corrected chi connectivity index (χ1v) is 12.2. The molecule has 3 aromatic rings. The third-order valence-electron chi connectivity index (χ3n) is 7.26. The highest BCUT2D eigenvalue weighted by Crippen LogP contribution is 2.45. The molecule has 4 heteroatoms. The maximum absolute atomic E-state index is 13.1. The molecule has 0 saturated heterocycles. The number of ether oxygens (including phenoxy) is 1. The van der Waals surface area contributed by atoms with Gasteiger partial charge in [-0.1, -0.05) is 54.6 Å². The molecule has 170 valence electrons. The van der Waals surface area contributed by atoms with E-state index >= 15 is 0 Å². The second-order valence-corrected chi connectivity index (χ2v) is 9.40. The van der Waals surface area contributed by atoms with E-state index < -0.39 is 0 Å². The average molecular weight is 450 g/mol. The van der Waals surface area contributed by atoms with Gasteiger partial charge in [-0.15, -0.1) is 0 Å². The highest BCUT2D eigenvalue weighted by molar-refractivity contribution is 6.06. The molecule has 1 heterocycles. The third-order valence-corrected chi connectivity index (χ3v) is 7.26. The average Bonchev–Trinajstić information content (AvgIpc) is 2.87. The molecule has 2 aliphatic carbocycles. The molecule has 0 saturated carbocycles. The zero-order valence-electron chi connectivity index (χ0n) is 19.1. The lowest BCUT2D eigenvalue weighted by Crippen LogP contribution is -2.36. The molecule has 1 aliphatic heterocycles. The molecule has 0 fully saturated rings. The Morgan fingerprint density at radius 3 is 2.21 bits per heavy atom. The number of Topliss-reactive ketones (excluding diaryl/α,β-unsaturated/α-hetero) is 2. The molecule has 34 heavy (non-hydrogen) atoms. The first-order valence-electron chi connectivity index (χ1n) is 12.2. The Morgan fingerprint density at radius 1 is 0.765 bits per heavy atom. The largest absolute Gasteiger partial charge is 0.489 e. The summed E-state index contributed by atoms with van der Waals surface area (Å²) >= 11 is 0. The number of carbonyl (C=O) groups is 2. The number of hydrogen-bond acceptors (Lipinski definition) is 4. The topological polar surface area (TPSA) is 55.4 Å². The Morgan fingerprint density at radius 2 is 1.44 bits per heavy atom. The van der Waals surface area contributed by atoms with Gasteiger partial charge in [0.15, 0.2) is 11.6 Å². The fourth-order valence-electron chi connectivity index (χ4n) is 5.68. The van der Waals surface area contributed by atoms with Gasteiger partial charge in [0.05, 0.1) is 0 Å². The summed E-state index contributed by atoms with van der Waals surface area (Å²) < 4.78 is 6.24. The summed E-state index contributed by atoms with van der Waals surface area (Å²) in [5.74, 6) is 0.768. The van der Waals surface area contributed by atoms with Crippen molar-refractivity contribution in [1.29, 1.82) is 0 Å². The lowest BCUT2D eigenvalue weighted by Gasteiger charge is -2.37. The van der Waals surface area contributed by atoms with Crippen LogP contribution < -0.4 is 10.1 Å². The third kappa shape index (κ3) is 3.63. The summed E-state index contributed by atoms with van der Waals surface area (Å²) in [5.41, 5.74) is 5.68. The molecular formula is C30H27NO3. The smallest absolute Gasteiger partial charge is 0.161 e. The Hall–Kier alpha value is -3.66. The second-order valence-electron chi connectivity index (χ2n) is 9.40. The molecule has 1 N–H and O–H groups in total. The van der Waals surface area contributed by atoms with Crippen molar-refractivity contribution in [2.24, 2.45) is 0 Å². The first-order chi connectivity index (χ1) is 16.7. The minimum atomic E-state index is -0.298. The fourth-order valence-corrected chi connectivity index (χ4v) is 5.68. The standard InChI is InChI=1S/C30H27NO3/c32-26-15-5-13-24-29(26)28(30-25(31-24)14-6-16-27(30)33)20-9-4-11-22(17-20)34-18-21-10-3-8-19-7-1-2-12-23(19)21/h1-4,7-12,17,28,31H,5-6,13-16,18H2. The molecule has 0 amide bonds. The van der Waals surface area contributed by atoms with Crippen LogP contribution >= 0.6 is 0 Å². The Labute approximate surface area is 199 Å². The predicted molar refractivity (Wildman–Crippen MR) is 132 cm³/mol. The van der Waals surface area contributed by atoms with Crippen molar-refractivity contribution in [2.75, 3.05) is 0 Å². The van der Waals surface area contributed by atoms with E-state index in [-0.39, 0.29) is 17.5 Å². The van der Waals surface area contributed by atoms with Crippen molar-refractivity contribution in [3.05, 3.63) is 100 Å². The van der Waals surface area contributed by atoms with Crippen molar-refractivity contribution in [3.63, 3.8) is 0 Å². The number of fused-ring (bicyclic) bond motifs is 1. The van der Waals surface area contributed by atoms with E-state index in [0.29, 0.717) is 19.4 Å². The first kappa shape index (κ1) is 20.9. The van der Waals surface area contributed by atoms with Gasteiger partial charge < -0.3 is 10.1 Å². The summed E-state index contributed by atoms with van der Waals surface area (Å²) in [4.78, 5) is 26.1. The normalized spacial score (nSPS) is 18.6. The summed E-state index contributed by atoms with van der Waals surface area (Å²) in [6.07, 6.45) is 4.54. The maximum atomic E-state index is 13.1. The Bertz CT molecular complexity index is 1330. The quantitative estimate of drug-likeness (QED) is 0.521. The van der Waals surface area contributed by atoms with Crippen LogP contribution in [-0.4, -0.2) is 11.6 Å². The van der Waals surface area contributed by atoms with Crippen molar-refractivity contribution >= 4 is 22.3 Å². The van der Waals surface area contributed by atoms with Gasteiger partial charge in [0.25, 0.3) is 0 Å². The van der Waals surface area contributed by atoms with Crippen molar-refractivity contribution in [3.8, 4) is 5.75 Å². The minimum Gasteiger partial charge on any atom is -0.489 e. The van der Waals surface area contributed by atoms with Gasteiger partial charge >= 0.3 is 0 Å². The molecule has 6 rings (SSSR count). The molecule has 0 unspecified atom stereocenters. The number of allylic oxidation sites excluding steroid dienone is 4. The molecule has 4 nitrogen and oxygen atoms in total. The monoisotopic (exact) mass is 449 g/mol. The van der Waals surface area contributed by atoms with Gasteiger partial charge in [0.2, 0.25) is 0 Å². The van der Waals surface area contributed by atoms with E-state index in [0.717, 1.165) is 65.1 Å². The van der Waals surface area contributed by atoms with Crippen LogP contribution in [0.3, 0.4) is 0 Å². The SMILES string of the molecule is O=C1CCCC2=C1C(c1cccc(OCc3cccc4ccccc34)c1)C1=C(CCCC1=O)N2. The fraction of sp³-hybridized carbons (Fsp3) is 0.267. The zero-order valence-corrected chi connectivity index (χ0v) is 19.1. The molecular weight excluding hydrogens is 422 g/mol. The summed E-state index contributed by atoms with van der Waals surface area (Å²) in [5, 5.41) is 5.86. The lowest BCUT2D eigenvalue weighted by molar-refractivity contribution is -0.116. The van der Waals surface area contributed by atoms with Gasteiger partial charge in [0.1, 0.15) is 12.4 Å². The van der Waals surface area contributed by atoms with Crippen LogP contribution in [0.15, 0.2) is 89.3 Å². The maximum Gasteiger partial charge on any atom is 0.161 e. The zero-order chi connectivity index (χ0) is 23.1. The predicted octanol–water partition coefficient (Wildman–Crippen LogP) is 6.12. The van der Waals surface area contributed by atoms with Gasteiger partial charge in [-0.3, -0.25) is 9.59 Å². The van der Waals surface area contributed by atoms with Gasteiger partial charge in [-0.2, -0.15) is 0 Å². The number of benzene rings is 3. The van der Waals surface area contributed by atoms with E-state index in [1.807, 2.05) is 36.4 Å². The Balaban J connectivity index is 1.35. The Kier molecular flexibility index (Phi) is 5.29. The van der Waals surface area contributed by atoms with Crippen LogP contribution in [0.4, 0.5) is 0 Å². The molecule has 3 aromatic carbocycles. The number of rotatable bonds is 4. The summed E-state index contributed by atoms with van der Waals surface area (Å²) in [7, 11) is 0. The lowest BCUT2D eigenvalue weighted by atomic mass is 9.71. The van der Waals surface area contributed by atoms with Crippen molar-refractivity contribution < 1.29 is 14.3 Å². The van der Waals surface area contributed by atoms with Crippen LogP contribution in [0.1, 0.15) is 55.6 Å². The van der Waals surface area contributed by atoms with Gasteiger partial charge in [-0.05, 0) is 59.7 Å². The number of nitrogens with one attached hydrogen (secondary N) is 1. The minimum absolute atomic E-state index is 0.158. The molecule has 0 atom stereocenters. The second kappa shape index (κ2) is 8.60. The van der Waals surface area contributed by atoms with Crippen LogP contribution in [0.5, 0.6) is 5.75 Å². The van der Waals surface area contributed by atoms with Crippen molar-refractivity contribution in [1.82, 2.24) is 5.32 Å². The van der Waals surface area contributed by atoms with Crippen LogP contribution in [0.2, 0.25) is 0 Å². The molecule has 0 bridgehead atoms. The number of carbonyl (C=O) groups excluding carboxylic acids is 2. The highest BCUT2D eigenvalue weighted by Gasteiger charge is 2.40. The number of dihydropyridines is 1. The van der Waals surface area contributed by atoms with Crippen LogP contribution in [0.25, 0.3) is 10.8 Å². The van der Waals surface area contributed by atoms with Gasteiger partial charge in [-0.25, -0.2) is 0 Å². The molecule has 3 aliphatic rings. The molecule has 0 radical (unpaired) electrons. The molecule has 0 spiro atoms. The number of hydrogen-bond donors (Lipinski definition) is 1. The molecule has 0 aromatic heterocycles. The van der Waals surface area contributed by atoms with Gasteiger partial charge in [0, 0.05) is 41.3 Å². The van der Waals surface area contributed by atoms with E-state index in [2.05, 4.69) is 35.6 Å². The summed E-state index contributed by atoms with van der Waals surface area (Å²) in [6, 6.07) is 22.5. The van der Waals surface area contributed by atoms with E-state index in [4.69, 9.17) is 4.74 Å². The number of ketones is 2. The van der Waals surface area contributed by atoms with Crippen LogP contribution in [0, 0.1) is 0 Å². The van der Waals surface area contributed by atoms with E-state index in [1.165, 1.54) is 10.8 Å². The van der Waals surface area contributed by atoms with E-state index in [9.17, 15) is 9.59 Å². The van der Waals surface area contributed by atoms with Crippen molar-refractivity contribution in [2.45, 2.75) is 51.0 Å². The van der Waals surface area contributed by atoms with E-state index in [1.54, 1.807) is 0 Å². The highest BCUT2D eigenvalue weighted by atomic mass is 16.5. The van der Waals surface area contributed by atoms with Crippen LogP contribution in [-0.2, 0) is 16.2 Å².